The molecule has 2 rings (SSSR count). The molecule has 0 saturated carbocycles. The Hall–Kier alpha value is -1.39. The Kier molecular flexibility index (Phi) is 3.82. The van der Waals surface area contributed by atoms with Gasteiger partial charge in [-0.2, -0.15) is 0 Å². The van der Waals surface area contributed by atoms with Gasteiger partial charge in [0.15, 0.2) is 5.78 Å². The first-order chi connectivity index (χ1) is 6.77. The van der Waals surface area contributed by atoms with Gasteiger partial charge in [-0.25, -0.2) is 5.06 Å². The Morgan fingerprint density at radius 1 is 1.00 bits per heavy atom. The molecule has 3 nitrogen and oxygen atoms in total. The molecule has 0 saturated heterocycles. The van der Waals surface area contributed by atoms with E-state index in [-0.39, 0.29) is 22.8 Å². The highest BCUT2D eigenvalue weighted by Crippen LogP contribution is 2.18. The van der Waals surface area contributed by atoms with Crippen LogP contribution in [0.1, 0.15) is 0 Å². The molecule has 0 radical (unpaired) electrons. The van der Waals surface area contributed by atoms with Crippen molar-refractivity contribution in [2.75, 3.05) is 0 Å². The van der Waals surface area contributed by atoms with E-state index in [0.717, 1.165) is 10.6 Å². The lowest BCUT2D eigenvalue weighted by Gasteiger charge is -2.18. The summed E-state index contributed by atoms with van der Waals surface area (Å²) < 4.78 is 0. The minimum absolute atomic E-state index is 0. The van der Waals surface area contributed by atoms with Crippen LogP contribution in [0, 0.1) is 0 Å². The average Bonchev–Trinajstić information content (AvgIpc) is 2.20. The second-order valence-corrected chi connectivity index (χ2v) is 2.95. The zero-order valence-electron chi connectivity index (χ0n) is 7.83. The number of hydrogen-bond donors (Lipinski definition) is 1. The maximum atomic E-state index is 10.9. The van der Waals surface area contributed by atoms with Crippen LogP contribution in [0.2, 0.25) is 0 Å². The lowest BCUT2D eigenvalue weighted by Crippen LogP contribution is -2.13. The minimum Gasteiger partial charge on any atom is -0.290 e. The highest BCUT2D eigenvalue weighted by Gasteiger charge is 2.09. The van der Waals surface area contributed by atoms with E-state index in [1.807, 2.05) is 6.08 Å². The molecule has 1 aliphatic heterocycles. The van der Waals surface area contributed by atoms with Crippen molar-refractivity contribution in [3.63, 3.8) is 0 Å². The van der Waals surface area contributed by atoms with Crippen LogP contribution in [0.5, 0.6) is 0 Å². The van der Waals surface area contributed by atoms with Gasteiger partial charge in [-0.1, -0.05) is 6.08 Å². The molecule has 0 unspecified atom stereocenters. The Bertz CT molecular complexity index is 398. The molecular weight excluding hydrogens is 258 g/mol. The normalized spacial score (nSPS) is 18.5. The third-order valence-corrected chi connectivity index (χ3v) is 1.99. The summed E-state index contributed by atoms with van der Waals surface area (Å²) in [5.74, 6) is -0.0332. The van der Waals surface area contributed by atoms with Gasteiger partial charge in [-0.05, 0) is 36.5 Å². The van der Waals surface area contributed by atoms with Crippen molar-refractivity contribution in [1.29, 1.82) is 0 Å². The van der Waals surface area contributed by atoms with E-state index in [9.17, 15) is 10.0 Å². The van der Waals surface area contributed by atoms with Crippen molar-refractivity contribution in [3.05, 3.63) is 60.0 Å². The van der Waals surface area contributed by atoms with Gasteiger partial charge in [0.05, 0.1) is 5.70 Å². The van der Waals surface area contributed by atoms with Crippen molar-refractivity contribution in [3.8, 4) is 0 Å². The van der Waals surface area contributed by atoms with Gasteiger partial charge in [0.2, 0.25) is 0 Å². The van der Waals surface area contributed by atoms with E-state index in [1.165, 1.54) is 12.2 Å². The second kappa shape index (κ2) is 4.91. The first kappa shape index (κ1) is 11.7. The largest absolute Gasteiger partial charge is 0.290 e. The van der Waals surface area contributed by atoms with Crippen molar-refractivity contribution in [2.24, 2.45) is 0 Å². The van der Waals surface area contributed by atoms with E-state index in [0.29, 0.717) is 5.70 Å². The van der Waals surface area contributed by atoms with Gasteiger partial charge in [0, 0.05) is 11.8 Å². The van der Waals surface area contributed by atoms with Crippen molar-refractivity contribution >= 4 is 22.8 Å². The number of carbonyl (C=O) groups excluding carboxylic acids is 1. The maximum absolute atomic E-state index is 10.9. The highest BCUT2D eigenvalue weighted by molar-refractivity contribution is 8.93. The molecule has 4 heteroatoms. The van der Waals surface area contributed by atoms with Crippen LogP contribution in [0.3, 0.4) is 0 Å². The van der Waals surface area contributed by atoms with Crippen LogP contribution in [0.4, 0.5) is 0 Å². The summed E-state index contributed by atoms with van der Waals surface area (Å²) in [6, 6.07) is 0. The van der Waals surface area contributed by atoms with Gasteiger partial charge in [-0.3, -0.25) is 10.0 Å². The molecule has 0 aromatic rings. The van der Waals surface area contributed by atoms with E-state index in [2.05, 4.69) is 0 Å². The number of hydrogen-bond acceptors (Lipinski definition) is 3. The summed E-state index contributed by atoms with van der Waals surface area (Å²) in [5, 5.41) is 10.5. The average molecular weight is 268 g/mol. The number of halogens is 1. The van der Waals surface area contributed by atoms with E-state index >= 15 is 0 Å². The summed E-state index contributed by atoms with van der Waals surface area (Å²) in [6.45, 7) is 0. The number of hydroxylamine groups is 2. The number of allylic oxidation sites excluding steroid dienone is 8. The molecule has 0 aromatic carbocycles. The SMILES string of the molecule is Br.O=C1C=CC(=C2C=CC=CN2O)C=C1. The van der Waals surface area contributed by atoms with E-state index in [4.69, 9.17) is 0 Å². The number of rotatable bonds is 0. The number of nitrogens with zero attached hydrogens (tertiary/aromatic N) is 1. The van der Waals surface area contributed by atoms with Crippen molar-refractivity contribution in [2.45, 2.75) is 0 Å². The third kappa shape index (κ3) is 2.55. The van der Waals surface area contributed by atoms with Gasteiger partial charge < -0.3 is 0 Å². The molecule has 0 amide bonds. The standard InChI is InChI=1S/C11H9NO2.BrH/c13-10-6-4-9(5-7-10)11-3-1-2-8-12(11)14;/h1-8,14H;1H. The molecule has 1 N–H and O–H groups in total. The summed E-state index contributed by atoms with van der Waals surface area (Å²) in [7, 11) is 0. The summed E-state index contributed by atoms with van der Waals surface area (Å²) in [5.41, 5.74) is 1.47. The van der Waals surface area contributed by atoms with Gasteiger partial charge in [0.1, 0.15) is 0 Å². The Morgan fingerprint density at radius 2 is 1.67 bits per heavy atom. The van der Waals surface area contributed by atoms with Crippen LogP contribution >= 0.6 is 17.0 Å². The van der Waals surface area contributed by atoms with Crippen LogP contribution in [-0.2, 0) is 4.79 Å². The molecule has 0 spiro atoms. The molecule has 2 aliphatic rings. The molecule has 0 bridgehead atoms. The molecular formula is C11H10BrNO2. The summed E-state index contributed by atoms with van der Waals surface area (Å²) in [4.78, 5) is 10.9. The second-order valence-electron chi connectivity index (χ2n) is 2.95. The first-order valence-electron chi connectivity index (χ1n) is 4.25. The maximum Gasteiger partial charge on any atom is 0.178 e. The Morgan fingerprint density at radius 3 is 2.27 bits per heavy atom. The van der Waals surface area contributed by atoms with Gasteiger partial charge in [-0.15, -0.1) is 17.0 Å². The van der Waals surface area contributed by atoms with E-state index < -0.39 is 0 Å². The van der Waals surface area contributed by atoms with E-state index in [1.54, 1.807) is 30.5 Å². The van der Waals surface area contributed by atoms with Gasteiger partial charge >= 0.3 is 0 Å². The van der Waals surface area contributed by atoms with Crippen LogP contribution < -0.4 is 0 Å². The lowest BCUT2D eigenvalue weighted by atomic mass is 10.1. The topological polar surface area (TPSA) is 40.5 Å². The molecule has 0 fully saturated rings. The molecule has 78 valence electrons. The zero-order valence-corrected chi connectivity index (χ0v) is 9.54. The van der Waals surface area contributed by atoms with Gasteiger partial charge in [0.25, 0.3) is 0 Å². The summed E-state index contributed by atoms with van der Waals surface area (Å²) in [6.07, 6.45) is 13.2. The molecule has 1 aliphatic carbocycles. The van der Waals surface area contributed by atoms with Crippen molar-refractivity contribution < 1.29 is 10.0 Å². The smallest absolute Gasteiger partial charge is 0.178 e. The van der Waals surface area contributed by atoms with Crippen LogP contribution in [-0.4, -0.2) is 16.1 Å². The monoisotopic (exact) mass is 267 g/mol. The minimum atomic E-state index is -0.0332. The zero-order chi connectivity index (χ0) is 9.97. The number of ketones is 1. The highest BCUT2D eigenvalue weighted by atomic mass is 79.9. The predicted octanol–water partition coefficient (Wildman–Crippen LogP) is 2.29. The molecule has 1 heterocycles. The Balaban J connectivity index is 0.00000112. The number of carbonyl (C=O) groups is 1. The fourth-order valence-electron chi connectivity index (χ4n) is 1.29. The predicted molar refractivity (Wildman–Crippen MR) is 62.5 cm³/mol. The van der Waals surface area contributed by atoms with Crippen LogP contribution in [0.25, 0.3) is 0 Å². The fraction of sp³-hybridized carbons (Fsp3) is 0. The lowest BCUT2D eigenvalue weighted by molar-refractivity contribution is -0.110. The summed E-state index contributed by atoms with van der Waals surface area (Å²) >= 11 is 0. The Labute approximate surface area is 98.1 Å². The quantitative estimate of drug-likeness (QED) is 0.732. The van der Waals surface area contributed by atoms with Crippen molar-refractivity contribution in [1.82, 2.24) is 5.06 Å². The third-order valence-electron chi connectivity index (χ3n) is 1.99. The fourth-order valence-corrected chi connectivity index (χ4v) is 1.29. The molecule has 15 heavy (non-hydrogen) atoms. The van der Waals surface area contributed by atoms with Crippen LogP contribution in [0.15, 0.2) is 60.0 Å². The first-order valence-corrected chi connectivity index (χ1v) is 4.25. The molecule has 0 atom stereocenters. The molecule has 0 aromatic heterocycles.